The lowest BCUT2D eigenvalue weighted by Gasteiger charge is -2.03. The van der Waals surface area contributed by atoms with Gasteiger partial charge in [-0.15, -0.1) is 12.4 Å². The van der Waals surface area contributed by atoms with Gasteiger partial charge >= 0.3 is 0 Å². The second kappa shape index (κ2) is 15.2. The summed E-state index contributed by atoms with van der Waals surface area (Å²) in [4.78, 5) is 63.2. The first-order chi connectivity index (χ1) is 22.1. The molecule has 0 aromatic carbocycles. The van der Waals surface area contributed by atoms with Crippen molar-refractivity contribution in [3.8, 4) is 0 Å². The van der Waals surface area contributed by atoms with Crippen LogP contribution < -0.4 is 32.3 Å². The Bertz CT molecular complexity index is 1940. The highest BCUT2D eigenvalue weighted by atomic mass is 79.9. The minimum Gasteiger partial charge on any atom is -0.388 e. The van der Waals surface area contributed by atoms with Crippen molar-refractivity contribution in [1.82, 2.24) is 39.2 Å². The fourth-order valence-electron chi connectivity index (χ4n) is 4.22. The predicted octanol–water partition coefficient (Wildman–Crippen LogP) is 1.31. The molecule has 19 nitrogen and oxygen atoms in total. The van der Waals surface area contributed by atoms with E-state index in [1.807, 2.05) is 0 Å². The number of nitrogens with zero attached hydrogens (tertiary/aromatic N) is 7. The quantitative estimate of drug-likeness (QED) is 0.0626. The van der Waals surface area contributed by atoms with E-state index in [-0.39, 0.29) is 75.9 Å². The van der Waals surface area contributed by atoms with Crippen molar-refractivity contribution in [1.29, 1.82) is 5.41 Å². The monoisotopic (exact) mass is 746 g/mol. The molecular weight excluding hydrogens is 716 g/mol. The van der Waals surface area contributed by atoms with Crippen molar-refractivity contribution >= 4 is 86.8 Å². The molecule has 0 saturated carbocycles. The highest BCUT2D eigenvalue weighted by Gasteiger charge is 2.21. The van der Waals surface area contributed by atoms with Gasteiger partial charge in [0.1, 0.15) is 22.8 Å². The van der Waals surface area contributed by atoms with E-state index < -0.39 is 29.5 Å². The maximum absolute atomic E-state index is 13.1. The number of rotatable bonds is 12. The summed E-state index contributed by atoms with van der Waals surface area (Å²) in [5, 5.41) is 32.7. The molecule has 0 bridgehead atoms. The van der Waals surface area contributed by atoms with Crippen molar-refractivity contribution in [2.45, 2.75) is 6.42 Å². The lowest BCUT2D eigenvalue weighted by molar-refractivity contribution is -0.112. The first-order valence-electron chi connectivity index (χ1n) is 13.6. The molecular formula is C27H32BrClN14O5. The number of amides is 5. The van der Waals surface area contributed by atoms with E-state index in [0.29, 0.717) is 5.69 Å². The minimum absolute atomic E-state index is 0. The van der Waals surface area contributed by atoms with E-state index >= 15 is 0 Å². The van der Waals surface area contributed by atoms with Crippen LogP contribution in [0.5, 0.6) is 0 Å². The fraction of sp³-hybridized carbons (Fsp3) is 0.222. The maximum atomic E-state index is 13.1. The van der Waals surface area contributed by atoms with Gasteiger partial charge in [0.15, 0.2) is 17.5 Å². The summed E-state index contributed by atoms with van der Waals surface area (Å²) >= 11 is 2.98. The summed E-state index contributed by atoms with van der Waals surface area (Å²) in [7, 11) is 6.19. The molecule has 4 heterocycles. The third kappa shape index (κ3) is 8.73. The number of aromatic nitrogens is 7. The van der Waals surface area contributed by atoms with Gasteiger partial charge in [-0.1, -0.05) is 6.58 Å². The van der Waals surface area contributed by atoms with E-state index in [1.165, 1.54) is 70.2 Å². The largest absolute Gasteiger partial charge is 0.388 e. The average Bonchev–Trinajstić information content (AvgIpc) is 3.73. The lowest BCUT2D eigenvalue weighted by Crippen LogP contribution is -2.29. The maximum Gasteiger partial charge on any atom is 0.275 e. The first-order valence-corrected chi connectivity index (χ1v) is 14.4. The highest BCUT2D eigenvalue weighted by Crippen LogP contribution is 2.19. The van der Waals surface area contributed by atoms with E-state index in [2.05, 4.69) is 64.4 Å². The van der Waals surface area contributed by atoms with Crippen molar-refractivity contribution < 1.29 is 24.0 Å². The van der Waals surface area contributed by atoms with Gasteiger partial charge in [0.2, 0.25) is 0 Å². The van der Waals surface area contributed by atoms with Crippen LogP contribution in [0.25, 0.3) is 0 Å². The van der Waals surface area contributed by atoms with Crippen LogP contribution in [0, 0.1) is 5.41 Å². The SMILES string of the molecule is C=C(Br)C(=O)Nc1cc(C(=O)Nc2cc(C(=O)Nc3cc(C(=O)Nc4cc(C(=O)NCCC(=N)N)n(C)n4)n(C)n3)n(C)c2)n(C)n1.Cl. The molecule has 21 heteroatoms. The number of nitrogens with one attached hydrogen (secondary N) is 6. The molecule has 48 heavy (non-hydrogen) atoms. The topological polar surface area (TPSA) is 254 Å². The highest BCUT2D eigenvalue weighted by molar-refractivity contribution is 9.12. The van der Waals surface area contributed by atoms with E-state index in [0.717, 1.165) is 0 Å². The molecule has 5 amide bonds. The number of nitrogens with two attached hydrogens (primary N) is 1. The Labute approximate surface area is 287 Å². The zero-order chi connectivity index (χ0) is 34.6. The Morgan fingerprint density at radius 1 is 0.750 bits per heavy atom. The van der Waals surface area contributed by atoms with Crippen LogP contribution >= 0.6 is 28.3 Å². The number of amidine groups is 1. The van der Waals surface area contributed by atoms with Gasteiger partial charge in [-0.05, 0) is 22.0 Å². The molecule has 0 aliphatic rings. The van der Waals surface area contributed by atoms with Gasteiger partial charge < -0.3 is 36.9 Å². The predicted molar refractivity (Wildman–Crippen MR) is 182 cm³/mol. The Kier molecular flexibility index (Phi) is 11.6. The van der Waals surface area contributed by atoms with E-state index in [1.54, 1.807) is 7.05 Å². The molecule has 0 unspecified atom stereocenters. The van der Waals surface area contributed by atoms with Crippen molar-refractivity contribution in [2.75, 3.05) is 27.8 Å². The Morgan fingerprint density at radius 3 is 1.67 bits per heavy atom. The van der Waals surface area contributed by atoms with Crippen LogP contribution in [-0.4, -0.2) is 75.8 Å². The number of carbonyl (C=O) groups is 5. The van der Waals surface area contributed by atoms with Crippen LogP contribution in [0.1, 0.15) is 48.4 Å². The van der Waals surface area contributed by atoms with Gasteiger partial charge in [-0.2, -0.15) is 15.3 Å². The van der Waals surface area contributed by atoms with E-state index in [9.17, 15) is 24.0 Å². The Morgan fingerprint density at radius 2 is 1.19 bits per heavy atom. The van der Waals surface area contributed by atoms with Gasteiger partial charge in [-0.3, -0.25) is 43.4 Å². The smallest absolute Gasteiger partial charge is 0.275 e. The van der Waals surface area contributed by atoms with Crippen LogP contribution in [-0.2, 0) is 33.0 Å². The zero-order valence-electron chi connectivity index (χ0n) is 26.0. The molecule has 8 N–H and O–H groups in total. The van der Waals surface area contributed by atoms with Gasteiger partial charge in [-0.25, -0.2) is 0 Å². The van der Waals surface area contributed by atoms with Gasteiger partial charge in [0.05, 0.1) is 16.0 Å². The number of hydrogen-bond acceptors (Lipinski definition) is 9. The summed E-state index contributed by atoms with van der Waals surface area (Å²) in [6.45, 7) is 3.65. The van der Waals surface area contributed by atoms with Crippen LogP contribution in [0.15, 0.2) is 41.5 Å². The molecule has 4 aromatic heterocycles. The van der Waals surface area contributed by atoms with Crippen LogP contribution in [0.3, 0.4) is 0 Å². The minimum atomic E-state index is -0.596. The second-order valence-electron chi connectivity index (χ2n) is 10.1. The molecule has 4 aromatic rings. The molecule has 0 spiro atoms. The number of aryl methyl sites for hydroxylation is 4. The average molecular weight is 748 g/mol. The van der Waals surface area contributed by atoms with Crippen molar-refractivity contribution in [3.05, 3.63) is 64.3 Å². The molecule has 0 atom stereocenters. The summed E-state index contributed by atoms with van der Waals surface area (Å²) in [5.74, 6) is -2.39. The van der Waals surface area contributed by atoms with Gasteiger partial charge in [0.25, 0.3) is 29.5 Å². The van der Waals surface area contributed by atoms with Crippen LogP contribution in [0.4, 0.5) is 23.1 Å². The zero-order valence-corrected chi connectivity index (χ0v) is 28.4. The molecule has 0 aliphatic carbocycles. The lowest BCUT2D eigenvalue weighted by atomic mass is 10.3. The standard InChI is InChI=1S/C27H31BrN14O5.ClH/c1-13(28)23(43)33-20-10-17(41(4)36-20)26(46)32-14-8-15(39(2)12-14)25(45)34-22-11-18(42(5)38-22)27(47)35-21-9-16(40(3)37-21)24(44)31-7-6-19(29)30;/h8-12H,1,6-7H2,2-5H3,(H3,29,30)(H,31,44)(H,32,46)(H,33,36,43)(H,34,38,45)(H,35,37,47);1H. The summed E-state index contributed by atoms with van der Waals surface area (Å²) < 4.78 is 5.43. The third-order valence-corrected chi connectivity index (χ3v) is 6.84. The summed E-state index contributed by atoms with van der Waals surface area (Å²) in [5.41, 5.74) is 6.20. The van der Waals surface area contributed by atoms with Crippen molar-refractivity contribution in [2.24, 2.45) is 33.9 Å². The Hall–Kier alpha value is -5.76. The number of halogens is 2. The molecule has 0 aliphatic heterocycles. The molecule has 0 fully saturated rings. The molecule has 254 valence electrons. The van der Waals surface area contributed by atoms with Crippen molar-refractivity contribution in [3.63, 3.8) is 0 Å². The molecule has 0 saturated heterocycles. The summed E-state index contributed by atoms with van der Waals surface area (Å²) in [6, 6.07) is 5.59. The Balaban J connectivity index is 0.00000625. The molecule has 0 radical (unpaired) electrons. The fourth-order valence-corrected chi connectivity index (χ4v) is 4.32. The third-order valence-electron chi connectivity index (χ3n) is 6.48. The van der Waals surface area contributed by atoms with Gasteiger partial charge in [0, 0.05) is 65.6 Å². The second-order valence-corrected chi connectivity index (χ2v) is 11.0. The molecule has 4 rings (SSSR count). The normalized spacial score (nSPS) is 10.4. The summed E-state index contributed by atoms with van der Waals surface area (Å²) in [6.07, 6.45) is 1.72. The van der Waals surface area contributed by atoms with E-state index in [4.69, 9.17) is 11.1 Å². The first kappa shape index (κ1) is 36.7. The van der Waals surface area contributed by atoms with Crippen LogP contribution in [0.2, 0.25) is 0 Å². The number of anilines is 4. The number of carbonyl (C=O) groups excluding carboxylic acids is 5. The number of hydrogen-bond donors (Lipinski definition) is 7.